The molecule has 2 heteroatoms. The minimum Gasteiger partial charge on any atom is -0.506 e. The molecule has 0 amide bonds. The van der Waals surface area contributed by atoms with Crippen molar-refractivity contribution in [3.05, 3.63) is 24.3 Å². The number of nitrogens with zero attached hydrogens (tertiary/aromatic N) is 1. The van der Waals surface area contributed by atoms with Crippen LogP contribution in [0.15, 0.2) is 29.3 Å². The van der Waals surface area contributed by atoms with Crippen LogP contribution in [0, 0.1) is 0 Å². The van der Waals surface area contributed by atoms with E-state index < -0.39 is 0 Å². The van der Waals surface area contributed by atoms with Crippen molar-refractivity contribution in [2.45, 2.75) is 26.7 Å². The highest BCUT2D eigenvalue weighted by Gasteiger charge is 1.97. The highest BCUT2D eigenvalue weighted by atomic mass is 16.3. The van der Waals surface area contributed by atoms with Gasteiger partial charge in [-0.2, -0.15) is 0 Å². The number of benzene rings is 1. The first-order chi connectivity index (χ1) is 6.24. The first-order valence-corrected chi connectivity index (χ1v) is 4.56. The van der Waals surface area contributed by atoms with Gasteiger partial charge in [-0.3, -0.25) is 4.99 Å². The molecule has 1 aromatic rings. The molecule has 0 atom stereocenters. The number of aromatic hydroxyl groups is 1. The minimum atomic E-state index is 0.248. The van der Waals surface area contributed by atoms with Gasteiger partial charge < -0.3 is 5.11 Å². The average Bonchev–Trinajstić information content (AvgIpc) is 2.09. The maximum absolute atomic E-state index is 9.42. The molecule has 0 aliphatic heterocycles. The molecule has 70 valence electrons. The molecule has 13 heavy (non-hydrogen) atoms. The lowest BCUT2D eigenvalue weighted by Gasteiger charge is -2.00. The van der Waals surface area contributed by atoms with Crippen LogP contribution in [0.3, 0.4) is 0 Å². The zero-order chi connectivity index (χ0) is 9.68. The normalized spacial score (nSPS) is 11.7. The van der Waals surface area contributed by atoms with Crippen LogP contribution < -0.4 is 0 Å². The van der Waals surface area contributed by atoms with Crippen molar-refractivity contribution in [1.29, 1.82) is 0 Å². The fourth-order valence-electron chi connectivity index (χ4n) is 1.18. The number of hydrogen-bond acceptors (Lipinski definition) is 2. The molecule has 2 nitrogen and oxygen atoms in total. The quantitative estimate of drug-likeness (QED) is 0.706. The van der Waals surface area contributed by atoms with Gasteiger partial charge in [0.05, 0.1) is 0 Å². The molecule has 0 saturated carbocycles. The molecular formula is C11H15NO. The highest BCUT2D eigenvalue weighted by molar-refractivity contribution is 5.85. The lowest BCUT2D eigenvalue weighted by atomic mass is 10.2. The summed E-state index contributed by atoms with van der Waals surface area (Å²) < 4.78 is 0. The van der Waals surface area contributed by atoms with E-state index in [-0.39, 0.29) is 5.75 Å². The number of phenols is 1. The Kier molecular flexibility index (Phi) is 3.50. The van der Waals surface area contributed by atoms with Gasteiger partial charge >= 0.3 is 0 Å². The molecule has 1 rings (SSSR count). The second kappa shape index (κ2) is 4.65. The molecule has 1 aromatic carbocycles. The van der Waals surface area contributed by atoms with Gasteiger partial charge in [0.1, 0.15) is 11.4 Å². The van der Waals surface area contributed by atoms with Crippen LogP contribution >= 0.6 is 0 Å². The Hall–Kier alpha value is -1.31. The Bertz CT molecular complexity index is 305. The molecule has 1 N–H and O–H groups in total. The van der Waals surface area contributed by atoms with E-state index in [0.717, 1.165) is 18.6 Å². The van der Waals surface area contributed by atoms with E-state index >= 15 is 0 Å². The predicted molar refractivity (Wildman–Crippen MR) is 55.8 cm³/mol. The van der Waals surface area contributed by atoms with Crippen LogP contribution in [0.1, 0.15) is 26.7 Å². The van der Waals surface area contributed by atoms with Crippen molar-refractivity contribution in [3.63, 3.8) is 0 Å². The van der Waals surface area contributed by atoms with Crippen LogP contribution in [-0.4, -0.2) is 10.8 Å². The number of hydrogen-bond donors (Lipinski definition) is 1. The summed E-state index contributed by atoms with van der Waals surface area (Å²) in [6, 6.07) is 7.13. The zero-order valence-corrected chi connectivity index (χ0v) is 8.12. The van der Waals surface area contributed by atoms with E-state index in [1.54, 1.807) is 12.1 Å². The number of phenolic OH excluding ortho intramolecular Hbond substituents is 1. The van der Waals surface area contributed by atoms with E-state index in [1.807, 2.05) is 19.1 Å². The fourth-order valence-corrected chi connectivity index (χ4v) is 1.18. The molecule has 0 saturated heterocycles. The Morgan fingerprint density at radius 1 is 1.38 bits per heavy atom. The SMILES string of the molecule is CCCC(C)=Nc1ccccc1O. The summed E-state index contributed by atoms with van der Waals surface area (Å²) in [6.45, 7) is 4.10. The summed E-state index contributed by atoms with van der Waals surface area (Å²) in [5.41, 5.74) is 1.72. The Morgan fingerprint density at radius 2 is 2.08 bits per heavy atom. The number of rotatable bonds is 3. The highest BCUT2D eigenvalue weighted by Crippen LogP contribution is 2.25. The Balaban J connectivity index is 2.84. The summed E-state index contributed by atoms with van der Waals surface area (Å²) in [4.78, 5) is 4.31. The lowest BCUT2D eigenvalue weighted by molar-refractivity contribution is 0.477. The van der Waals surface area contributed by atoms with E-state index in [4.69, 9.17) is 0 Å². The monoisotopic (exact) mass is 177 g/mol. The van der Waals surface area contributed by atoms with Crippen molar-refractivity contribution >= 4 is 11.4 Å². The minimum absolute atomic E-state index is 0.248. The molecule has 0 unspecified atom stereocenters. The molecule has 0 heterocycles. The van der Waals surface area contributed by atoms with Crippen molar-refractivity contribution < 1.29 is 5.11 Å². The molecular weight excluding hydrogens is 162 g/mol. The largest absolute Gasteiger partial charge is 0.506 e. The van der Waals surface area contributed by atoms with E-state index in [1.165, 1.54) is 0 Å². The molecule has 0 aliphatic carbocycles. The fraction of sp³-hybridized carbons (Fsp3) is 0.364. The lowest BCUT2D eigenvalue weighted by Crippen LogP contribution is -1.88. The van der Waals surface area contributed by atoms with Crippen LogP contribution in [0.5, 0.6) is 5.75 Å². The molecule has 0 radical (unpaired) electrons. The van der Waals surface area contributed by atoms with Crippen LogP contribution in [0.2, 0.25) is 0 Å². The summed E-state index contributed by atoms with van der Waals surface area (Å²) in [5.74, 6) is 0.248. The molecule has 0 fully saturated rings. The van der Waals surface area contributed by atoms with Gasteiger partial charge in [-0.15, -0.1) is 0 Å². The third-order valence-corrected chi connectivity index (χ3v) is 1.80. The summed E-state index contributed by atoms with van der Waals surface area (Å²) in [5, 5.41) is 9.42. The molecule has 0 bridgehead atoms. The van der Waals surface area contributed by atoms with Gasteiger partial charge in [-0.1, -0.05) is 25.5 Å². The van der Waals surface area contributed by atoms with Crippen LogP contribution in [-0.2, 0) is 0 Å². The molecule has 0 spiro atoms. The summed E-state index contributed by atoms with van der Waals surface area (Å²) in [6.07, 6.45) is 2.07. The van der Waals surface area contributed by atoms with Gasteiger partial charge in [0.2, 0.25) is 0 Å². The smallest absolute Gasteiger partial charge is 0.141 e. The van der Waals surface area contributed by atoms with E-state index in [9.17, 15) is 5.11 Å². The second-order valence-corrected chi connectivity index (χ2v) is 3.09. The molecule has 0 aromatic heterocycles. The number of para-hydroxylation sites is 2. The zero-order valence-electron chi connectivity index (χ0n) is 8.12. The standard InChI is InChI=1S/C11H15NO/c1-3-6-9(2)12-10-7-4-5-8-11(10)13/h4-5,7-8,13H,3,6H2,1-2H3. The molecule has 0 aliphatic rings. The Morgan fingerprint density at radius 3 is 2.69 bits per heavy atom. The Labute approximate surface area is 78.9 Å². The van der Waals surface area contributed by atoms with Crippen molar-refractivity contribution in [2.24, 2.45) is 4.99 Å². The van der Waals surface area contributed by atoms with E-state index in [2.05, 4.69) is 11.9 Å². The predicted octanol–water partition coefficient (Wildman–Crippen LogP) is 3.28. The summed E-state index contributed by atoms with van der Waals surface area (Å²) in [7, 11) is 0. The van der Waals surface area contributed by atoms with Crippen molar-refractivity contribution in [2.75, 3.05) is 0 Å². The van der Waals surface area contributed by atoms with Gasteiger partial charge in [0, 0.05) is 5.71 Å². The maximum atomic E-state index is 9.42. The summed E-state index contributed by atoms with van der Waals surface area (Å²) >= 11 is 0. The van der Waals surface area contributed by atoms with Gasteiger partial charge in [-0.05, 0) is 25.5 Å². The van der Waals surface area contributed by atoms with E-state index in [0.29, 0.717) is 5.69 Å². The van der Waals surface area contributed by atoms with Crippen LogP contribution in [0.25, 0.3) is 0 Å². The second-order valence-electron chi connectivity index (χ2n) is 3.09. The van der Waals surface area contributed by atoms with Crippen LogP contribution in [0.4, 0.5) is 5.69 Å². The first-order valence-electron chi connectivity index (χ1n) is 4.56. The average molecular weight is 177 g/mol. The third-order valence-electron chi connectivity index (χ3n) is 1.80. The van der Waals surface area contributed by atoms with Gasteiger partial charge in [0.25, 0.3) is 0 Å². The maximum Gasteiger partial charge on any atom is 0.141 e. The van der Waals surface area contributed by atoms with Crippen molar-refractivity contribution in [3.8, 4) is 5.75 Å². The number of aliphatic imine (C=N–C) groups is 1. The topological polar surface area (TPSA) is 32.6 Å². The first kappa shape index (κ1) is 9.78. The third kappa shape index (κ3) is 2.90. The van der Waals surface area contributed by atoms with Gasteiger partial charge in [-0.25, -0.2) is 0 Å². The van der Waals surface area contributed by atoms with Gasteiger partial charge in [0.15, 0.2) is 0 Å². The van der Waals surface area contributed by atoms with Crippen molar-refractivity contribution in [1.82, 2.24) is 0 Å².